The van der Waals surface area contributed by atoms with Crippen LogP contribution in [-0.2, 0) is 9.53 Å². The minimum Gasteiger partial charge on any atom is -0.381 e. The van der Waals surface area contributed by atoms with E-state index in [1.54, 1.807) is 0 Å². The van der Waals surface area contributed by atoms with Crippen molar-refractivity contribution >= 4 is 5.91 Å². The van der Waals surface area contributed by atoms with Crippen molar-refractivity contribution in [2.45, 2.75) is 95.5 Å². The molecule has 0 aromatic heterocycles. The Morgan fingerprint density at radius 1 is 0.833 bits per heavy atom. The number of rotatable bonds is 5. The summed E-state index contributed by atoms with van der Waals surface area (Å²) in [6.45, 7) is 4.19. The van der Waals surface area contributed by atoms with Crippen molar-refractivity contribution in [2.75, 3.05) is 33.3 Å². The zero-order valence-electron chi connectivity index (χ0n) is 19.0. The maximum absolute atomic E-state index is 12.9. The second kappa shape index (κ2) is 11.3. The first-order chi connectivity index (χ1) is 14.7. The quantitative estimate of drug-likeness (QED) is 0.638. The number of amides is 1. The Kier molecular flexibility index (Phi) is 8.44. The van der Waals surface area contributed by atoms with Crippen molar-refractivity contribution in [1.29, 1.82) is 0 Å². The summed E-state index contributed by atoms with van der Waals surface area (Å²) >= 11 is 0. The van der Waals surface area contributed by atoms with Crippen LogP contribution in [0.3, 0.4) is 0 Å². The monoisotopic (exact) mass is 420 g/mol. The average molecular weight is 421 g/mol. The fourth-order valence-corrected chi connectivity index (χ4v) is 6.22. The van der Waals surface area contributed by atoms with Gasteiger partial charge in [0, 0.05) is 45.2 Å². The Bertz CT molecular complexity index is 513. The van der Waals surface area contributed by atoms with Crippen molar-refractivity contribution in [3.05, 3.63) is 0 Å². The van der Waals surface area contributed by atoms with E-state index in [0.29, 0.717) is 18.1 Å². The van der Waals surface area contributed by atoms with Gasteiger partial charge in [0.25, 0.3) is 0 Å². The molecule has 30 heavy (non-hydrogen) atoms. The van der Waals surface area contributed by atoms with Crippen LogP contribution >= 0.6 is 0 Å². The number of hydrogen-bond donors (Lipinski definition) is 3. The van der Waals surface area contributed by atoms with E-state index in [0.717, 1.165) is 63.7 Å². The van der Waals surface area contributed by atoms with Gasteiger partial charge >= 0.3 is 0 Å². The highest BCUT2D eigenvalue weighted by Crippen LogP contribution is 2.32. The zero-order chi connectivity index (χ0) is 20.8. The second-order valence-electron chi connectivity index (χ2n) is 10.2. The summed E-state index contributed by atoms with van der Waals surface area (Å²) in [6.07, 6.45) is 15.1. The van der Waals surface area contributed by atoms with Crippen LogP contribution in [0.4, 0.5) is 0 Å². The Balaban J connectivity index is 1.14. The van der Waals surface area contributed by atoms with E-state index in [4.69, 9.17) is 4.74 Å². The SMILES string of the molecule is COC1CCC(C2CNC(NC3CCC(C(=O)N4CCCCCC4)CC3)NC2)CC1. The fourth-order valence-electron chi connectivity index (χ4n) is 6.22. The minimum atomic E-state index is 0.222. The van der Waals surface area contributed by atoms with E-state index in [1.165, 1.54) is 51.4 Å². The van der Waals surface area contributed by atoms with Gasteiger partial charge in [0.15, 0.2) is 0 Å². The van der Waals surface area contributed by atoms with E-state index in [9.17, 15) is 4.79 Å². The van der Waals surface area contributed by atoms with Crippen LogP contribution in [0.1, 0.15) is 77.0 Å². The molecule has 0 aromatic carbocycles. The first-order valence-electron chi connectivity index (χ1n) is 12.8. The van der Waals surface area contributed by atoms with Crippen molar-refractivity contribution in [3.8, 4) is 0 Å². The van der Waals surface area contributed by atoms with Crippen molar-refractivity contribution in [2.24, 2.45) is 17.8 Å². The Hall–Kier alpha value is -0.690. The molecule has 2 saturated heterocycles. The van der Waals surface area contributed by atoms with Crippen molar-refractivity contribution < 1.29 is 9.53 Å². The predicted molar refractivity (Wildman–Crippen MR) is 120 cm³/mol. The van der Waals surface area contributed by atoms with Gasteiger partial charge in [-0.15, -0.1) is 0 Å². The van der Waals surface area contributed by atoms with Gasteiger partial charge in [-0.25, -0.2) is 0 Å². The first-order valence-corrected chi connectivity index (χ1v) is 12.8. The molecule has 4 aliphatic rings. The maximum Gasteiger partial charge on any atom is 0.225 e. The van der Waals surface area contributed by atoms with Gasteiger partial charge in [-0.1, -0.05) is 12.8 Å². The lowest BCUT2D eigenvalue weighted by Gasteiger charge is -2.40. The molecule has 1 amide bonds. The summed E-state index contributed by atoms with van der Waals surface area (Å²) in [6, 6.07) is 0.525. The van der Waals surface area contributed by atoms with Crippen LogP contribution in [0.2, 0.25) is 0 Å². The third-order valence-corrected chi connectivity index (χ3v) is 8.28. The number of hydrogen-bond acceptors (Lipinski definition) is 5. The maximum atomic E-state index is 12.9. The number of nitrogens with zero attached hydrogens (tertiary/aromatic N) is 1. The molecule has 4 fully saturated rings. The Labute approximate surface area is 183 Å². The summed E-state index contributed by atoms with van der Waals surface area (Å²) in [5, 5.41) is 11.2. The van der Waals surface area contributed by atoms with Crippen LogP contribution < -0.4 is 16.0 Å². The molecule has 2 heterocycles. The van der Waals surface area contributed by atoms with Crippen LogP contribution in [0.5, 0.6) is 0 Å². The van der Waals surface area contributed by atoms with Gasteiger partial charge in [0.05, 0.1) is 6.10 Å². The number of carbonyl (C=O) groups excluding carboxylic acids is 1. The van der Waals surface area contributed by atoms with Crippen molar-refractivity contribution in [1.82, 2.24) is 20.9 Å². The molecule has 2 aliphatic heterocycles. The molecule has 6 heteroatoms. The smallest absolute Gasteiger partial charge is 0.225 e. The molecule has 4 rings (SSSR count). The Morgan fingerprint density at radius 3 is 2.07 bits per heavy atom. The summed E-state index contributed by atoms with van der Waals surface area (Å²) in [7, 11) is 1.85. The van der Waals surface area contributed by atoms with Gasteiger partial charge in [-0.2, -0.15) is 0 Å². The molecule has 172 valence electrons. The molecule has 0 bridgehead atoms. The molecule has 0 unspecified atom stereocenters. The van der Waals surface area contributed by atoms with E-state index >= 15 is 0 Å². The topological polar surface area (TPSA) is 65.6 Å². The van der Waals surface area contributed by atoms with Gasteiger partial charge in [0.2, 0.25) is 5.91 Å². The summed E-state index contributed by atoms with van der Waals surface area (Å²) < 4.78 is 5.53. The van der Waals surface area contributed by atoms with Crippen LogP contribution in [0, 0.1) is 17.8 Å². The third-order valence-electron chi connectivity index (χ3n) is 8.28. The van der Waals surface area contributed by atoms with E-state index in [-0.39, 0.29) is 12.2 Å². The lowest BCUT2D eigenvalue weighted by molar-refractivity contribution is -0.136. The number of ether oxygens (including phenoxy) is 1. The van der Waals surface area contributed by atoms with E-state index < -0.39 is 0 Å². The summed E-state index contributed by atoms with van der Waals surface area (Å²) in [5.74, 6) is 2.27. The number of likely N-dealkylation sites (tertiary alicyclic amines) is 1. The molecule has 6 nitrogen and oxygen atoms in total. The first kappa shape index (κ1) is 22.5. The lowest BCUT2D eigenvalue weighted by atomic mass is 9.78. The number of carbonyl (C=O) groups is 1. The molecule has 0 atom stereocenters. The fraction of sp³-hybridized carbons (Fsp3) is 0.958. The molecule has 0 spiro atoms. The highest BCUT2D eigenvalue weighted by atomic mass is 16.5. The highest BCUT2D eigenvalue weighted by molar-refractivity contribution is 5.79. The van der Waals surface area contributed by atoms with E-state index in [1.807, 2.05) is 7.11 Å². The molecule has 3 N–H and O–H groups in total. The summed E-state index contributed by atoms with van der Waals surface area (Å²) in [5.41, 5.74) is 0. The molecule has 2 aliphatic carbocycles. The van der Waals surface area contributed by atoms with Crippen molar-refractivity contribution in [3.63, 3.8) is 0 Å². The standard InChI is InChI=1S/C24H44N4O2/c1-30-22-12-8-18(9-13-22)20-16-25-24(26-17-20)27-21-10-6-19(7-11-21)23(29)28-14-4-2-3-5-15-28/h18-22,24-27H,2-17H2,1H3. The normalized spacial score (nSPS) is 38.8. The van der Waals surface area contributed by atoms with E-state index in [2.05, 4.69) is 20.9 Å². The predicted octanol–water partition coefficient (Wildman–Crippen LogP) is 2.84. The van der Waals surface area contributed by atoms with Crippen LogP contribution in [0.25, 0.3) is 0 Å². The third kappa shape index (κ3) is 5.96. The molecule has 0 aromatic rings. The molecule has 0 radical (unpaired) electrons. The average Bonchev–Trinajstić information content (AvgIpc) is 3.09. The minimum absolute atomic E-state index is 0.222. The largest absolute Gasteiger partial charge is 0.381 e. The molecule has 2 saturated carbocycles. The zero-order valence-corrected chi connectivity index (χ0v) is 19.0. The van der Waals surface area contributed by atoms with Gasteiger partial charge in [-0.3, -0.25) is 20.7 Å². The molecular weight excluding hydrogens is 376 g/mol. The molecular formula is C24H44N4O2. The Morgan fingerprint density at radius 2 is 1.47 bits per heavy atom. The van der Waals surface area contributed by atoms with Gasteiger partial charge in [-0.05, 0) is 76.0 Å². The second-order valence-corrected chi connectivity index (χ2v) is 10.2. The number of methoxy groups -OCH3 is 1. The van der Waals surface area contributed by atoms with Gasteiger partial charge < -0.3 is 9.64 Å². The van der Waals surface area contributed by atoms with Crippen LogP contribution in [0.15, 0.2) is 0 Å². The number of nitrogens with one attached hydrogen (secondary N) is 3. The highest BCUT2D eigenvalue weighted by Gasteiger charge is 2.33. The van der Waals surface area contributed by atoms with Crippen LogP contribution in [-0.4, -0.2) is 62.5 Å². The lowest BCUT2D eigenvalue weighted by Crippen LogP contribution is -2.63. The summed E-state index contributed by atoms with van der Waals surface area (Å²) in [4.78, 5) is 15.1. The van der Waals surface area contributed by atoms with Gasteiger partial charge in [0.1, 0.15) is 6.29 Å².